The third kappa shape index (κ3) is 4.02. The summed E-state index contributed by atoms with van der Waals surface area (Å²) in [5, 5.41) is 8.87. The van der Waals surface area contributed by atoms with Gasteiger partial charge in [-0.05, 0) is 57.2 Å². The number of carbonyl (C=O) groups is 1. The van der Waals surface area contributed by atoms with Crippen LogP contribution in [0.2, 0.25) is 0 Å². The minimum Gasteiger partial charge on any atom is -0.350 e. The van der Waals surface area contributed by atoms with Crippen LogP contribution in [0.1, 0.15) is 50.6 Å². The van der Waals surface area contributed by atoms with Crippen molar-refractivity contribution in [2.24, 2.45) is 11.7 Å². The number of nitrogens with zero attached hydrogens (tertiary/aromatic N) is 3. The first-order chi connectivity index (χ1) is 13.2. The molecule has 0 spiro atoms. The second kappa shape index (κ2) is 7.87. The summed E-state index contributed by atoms with van der Waals surface area (Å²) in [5.74, 6) is 0.497. The van der Waals surface area contributed by atoms with Gasteiger partial charge in [-0.1, -0.05) is 26.0 Å². The summed E-state index contributed by atoms with van der Waals surface area (Å²) in [6.07, 6.45) is 1.90. The van der Waals surface area contributed by atoms with Crippen LogP contribution in [0.3, 0.4) is 0 Å². The SMILES string of the molecule is Cc1nc2c3ccccc3nn2c(C)c1CCC(=O)NC(C)(CN)CC(C)C. The highest BCUT2D eigenvalue weighted by Gasteiger charge is 2.26. The Labute approximate surface area is 166 Å². The van der Waals surface area contributed by atoms with Crippen LogP contribution in [0.15, 0.2) is 24.3 Å². The molecule has 0 saturated carbocycles. The number of rotatable bonds is 7. The fraction of sp³-hybridized carbons (Fsp3) is 0.500. The Morgan fingerprint density at radius 3 is 2.68 bits per heavy atom. The van der Waals surface area contributed by atoms with Crippen LogP contribution in [0, 0.1) is 19.8 Å². The summed E-state index contributed by atoms with van der Waals surface area (Å²) in [7, 11) is 0. The van der Waals surface area contributed by atoms with Gasteiger partial charge in [-0.25, -0.2) is 9.50 Å². The van der Waals surface area contributed by atoms with E-state index >= 15 is 0 Å². The zero-order valence-corrected chi connectivity index (χ0v) is 17.5. The third-order valence-electron chi connectivity index (χ3n) is 5.37. The minimum atomic E-state index is -0.364. The molecular formula is C22H31N5O. The molecule has 0 fully saturated rings. The van der Waals surface area contributed by atoms with Crippen LogP contribution in [-0.2, 0) is 11.2 Å². The first kappa shape index (κ1) is 20.3. The number of hydrogen-bond acceptors (Lipinski definition) is 4. The molecule has 0 bridgehead atoms. The maximum absolute atomic E-state index is 12.6. The molecule has 0 aliphatic rings. The summed E-state index contributed by atoms with van der Waals surface area (Å²) in [5.41, 5.74) is 10.4. The van der Waals surface area contributed by atoms with E-state index in [0.29, 0.717) is 25.3 Å². The third-order valence-corrected chi connectivity index (χ3v) is 5.37. The number of nitrogens with one attached hydrogen (secondary N) is 1. The number of carbonyl (C=O) groups excluding carboxylic acids is 1. The van der Waals surface area contributed by atoms with E-state index in [-0.39, 0.29) is 11.4 Å². The van der Waals surface area contributed by atoms with E-state index in [1.807, 2.05) is 49.6 Å². The lowest BCUT2D eigenvalue weighted by atomic mass is 9.90. The molecule has 150 valence electrons. The van der Waals surface area contributed by atoms with Crippen molar-refractivity contribution < 1.29 is 4.79 Å². The van der Waals surface area contributed by atoms with Crippen LogP contribution >= 0.6 is 0 Å². The van der Waals surface area contributed by atoms with Crippen molar-refractivity contribution in [1.82, 2.24) is 19.9 Å². The fourth-order valence-corrected chi connectivity index (χ4v) is 4.06. The Morgan fingerprint density at radius 2 is 2.00 bits per heavy atom. The molecular weight excluding hydrogens is 350 g/mol. The van der Waals surface area contributed by atoms with Gasteiger partial charge in [-0.15, -0.1) is 0 Å². The highest BCUT2D eigenvalue weighted by molar-refractivity contribution is 5.92. The monoisotopic (exact) mass is 381 g/mol. The van der Waals surface area contributed by atoms with Gasteiger partial charge in [0.05, 0.1) is 5.52 Å². The largest absolute Gasteiger partial charge is 0.350 e. The molecule has 3 rings (SSSR count). The average molecular weight is 382 g/mol. The summed E-state index contributed by atoms with van der Waals surface area (Å²) in [6, 6.07) is 8.02. The minimum absolute atomic E-state index is 0.0260. The smallest absolute Gasteiger partial charge is 0.220 e. The van der Waals surface area contributed by atoms with Gasteiger partial charge in [0, 0.05) is 35.3 Å². The van der Waals surface area contributed by atoms with Crippen LogP contribution in [0.4, 0.5) is 0 Å². The molecule has 2 aromatic heterocycles. The van der Waals surface area contributed by atoms with Crippen molar-refractivity contribution in [2.75, 3.05) is 6.54 Å². The van der Waals surface area contributed by atoms with E-state index in [1.165, 1.54) is 0 Å². The van der Waals surface area contributed by atoms with Crippen molar-refractivity contribution in [3.8, 4) is 0 Å². The number of aryl methyl sites for hydroxylation is 2. The molecule has 1 amide bonds. The summed E-state index contributed by atoms with van der Waals surface area (Å²) in [6.45, 7) is 10.8. The number of fused-ring (bicyclic) bond motifs is 3. The van der Waals surface area contributed by atoms with Crippen LogP contribution in [0.5, 0.6) is 0 Å². The lowest BCUT2D eigenvalue weighted by Gasteiger charge is -2.31. The first-order valence-corrected chi connectivity index (χ1v) is 9.98. The van der Waals surface area contributed by atoms with Gasteiger partial charge in [0.2, 0.25) is 5.91 Å². The molecule has 1 unspecified atom stereocenters. The van der Waals surface area contributed by atoms with Gasteiger partial charge in [0.25, 0.3) is 0 Å². The van der Waals surface area contributed by atoms with E-state index in [1.54, 1.807) is 0 Å². The molecule has 0 aliphatic heterocycles. The second-order valence-corrected chi connectivity index (χ2v) is 8.42. The Morgan fingerprint density at radius 1 is 1.29 bits per heavy atom. The zero-order chi connectivity index (χ0) is 20.5. The predicted molar refractivity (Wildman–Crippen MR) is 113 cm³/mol. The average Bonchev–Trinajstić information content (AvgIpc) is 2.99. The number of benzene rings is 1. The Balaban J connectivity index is 1.81. The van der Waals surface area contributed by atoms with E-state index in [4.69, 9.17) is 10.7 Å². The van der Waals surface area contributed by atoms with Crippen LogP contribution in [0.25, 0.3) is 16.6 Å². The van der Waals surface area contributed by atoms with E-state index in [2.05, 4.69) is 24.3 Å². The van der Waals surface area contributed by atoms with E-state index < -0.39 is 0 Å². The van der Waals surface area contributed by atoms with Gasteiger partial charge >= 0.3 is 0 Å². The molecule has 0 aliphatic carbocycles. The molecule has 1 atom stereocenters. The molecule has 1 aromatic carbocycles. The maximum Gasteiger partial charge on any atom is 0.220 e. The first-order valence-electron chi connectivity index (χ1n) is 9.98. The van der Waals surface area contributed by atoms with Crippen LogP contribution in [-0.4, -0.2) is 32.6 Å². The van der Waals surface area contributed by atoms with Crippen molar-refractivity contribution in [3.63, 3.8) is 0 Å². The molecule has 3 N–H and O–H groups in total. The number of amides is 1. The Hall–Kier alpha value is -2.47. The molecule has 6 heteroatoms. The van der Waals surface area contributed by atoms with Gasteiger partial charge in [-0.3, -0.25) is 4.79 Å². The standard InChI is InChI=1S/C22H31N5O/c1-14(2)12-22(5,13-23)25-20(28)11-10-17-15(3)24-21-18-8-6-7-9-19(18)26-27(21)16(17)4/h6-9,14H,10-13,23H2,1-5H3,(H,25,28). The predicted octanol–water partition coefficient (Wildman–Crippen LogP) is 3.31. The summed E-state index contributed by atoms with van der Waals surface area (Å²) in [4.78, 5) is 17.4. The van der Waals surface area contributed by atoms with Crippen molar-refractivity contribution >= 4 is 22.5 Å². The molecule has 0 saturated heterocycles. The summed E-state index contributed by atoms with van der Waals surface area (Å²) >= 11 is 0. The highest BCUT2D eigenvalue weighted by Crippen LogP contribution is 2.23. The lowest BCUT2D eigenvalue weighted by molar-refractivity contribution is -0.122. The number of aromatic nitrogens is 3. The van der Waals surface area contributed by atoms with Gasteiger partial charge in [-0.2, -0.15) is 5.10 Å². The van der Waals surface area contributed by atoms with Gasteiger partial charge < -0.3 is 11.1 Å². The van der Waals surface area contributed by atoms with Gasteiger partial charge in [0.15, 0.2) is 5.65 Å². The summed E-state index contributed by atoms with van der Waals surface area (Å²) < 4.78 is 1.90. The highest BCUT2D eigenvalue weighted by atomic mass is 16.1. The normalized spacial score (nSPS) is 14.0. The van der Waals surface area contributed by atoms with Crippen molar-refractivity contribution in [2.45, 2.75) is 59.4 Å². The van der Waals surface area contributed by atoms with Crippen LogP contribution < -0.4 is 11.1 Å². The molecule has 6 nitrogen and oxygen atoms in total. The van der Waals surface area contributed by atoms with Crippen molar-refractivity contribution in [3.05, 3.63) is 41.2 Å². The maximum atomic E-state index is 12.6. The van der Waals surface area contributed by atoms with E-state index in [9.17, 15) is 4.79 Å². The van der Waals surface area contributed by atoms with E-state index in [0.717, 1.165) is 39.9 Å². The topological polar surface area (TPSA) is 85.3 Å². The second-order valence-electron chi connectivity index (χ2n) is 8.42. The molecule has 28 heavy (non-hydrogen) atoms. The number of nitrogens with two attached hydrogens (primary N) is 1. The Kier molecular flexibility index (Phi) is 5.70. The lowest BCUT2D eigenvalue weighted by Crippen LogP contribution is -2.52. The number of hydrogen-bond donors (Lipinski definition) is 2. The quantitative estimate of drug-likeness (QED) is 0.657. The Bertz CT molecular complexity index is 1010. The molecule has 3 aromatic rings. The van der Waals surface area contributed by atoms with Gasteiger partial charge in [0.1, 0.15) is 0 Å². The molecule has 2 heterocycles. The fourth-order valence-electron chi connectivity index (χ4n) is 4.06. The van der Waals surface area contributed by atoms with Crippen molar-refractivity contribution in [1.29, 1.82) is 0 Å². The molecule has 0 radical (unpaired) electrons. The zero-order valence-electron chi connectivity index (χ0n) is 17.5.